The summed E-state index contributed by atoms with van der Waals surface area (Å²) in [5.41, 5.74) is 6.41. The van der Waals surface area contributed by atoms with Gasteiger partial charge < -0.3 is 9.80 Å². The first-order chi connectivity index (χ1) is 19.5. The summed E-state index contributed by atoms with van der Waals surface area (Å²) in [5, 5.41) is 0. The third-order valence-electron chi connectivity index (χ3n) is 7.91. The Bertz CT molecular complexity index is 1440. The molecule has 0 saturated carbocycles. The first kappa shape index (κ1) is 27.4. The van der Waals surface area contributed by atoms with Crippen molar-refractivity contribution in [1.82, 2.24) is 0 Å². The van der Waals surface area contributed by atoms with Crippen molar-refractivity contribution in [3.8, 4) is 0 Å². The van der Waals surface area contributed by atoms with Gasteiger partial charge in [-0.05, 0) is 86.7 Å². The third-order valence-corrected chi connectivity index (χ3v) is 7.91. The van der Waals surface area contributed by atoms with Gasteiger partial charge in [-0.2, -0.15) is 0 Å². The zero-order valence-electron chi connectivity index (χ0n) is 23.7. The second-order valence-corrected chi connectivity index (χ2v) is 10.9. The highest BCUT2D eigenvalue weighted by Crippen LogP contribution is 2.43. The van der Waals surface area contributed by atoms with Gasteiger partial charge in [-0.25, -0.2) is 0 Å². The van der Waals surface area contributed by atoms with Gasteiger partial charge in [0.2, 0.25) is 0 Å². The molecule has 0 bridgehead atoms. The van der Waals surface area contributed by atoms with Gasteiger partial charge in [0.05, 0.1) is 6.04 Å². The van der Waals surface area contributed by atoms with Crippen LogP contribution in [0.2, 0.25) is 0 Å². The van der Waals surface area contributed by atoms with Crippen LogP contribution in [0.15, 0.2) is 103 Å². The van der Waals surface area contributed by atoms with Crippen LogP contribution >= 0.6 is 0 Å². The van der Waals surface area contributed by atoms with Gasteiger partial charge in [-0.3, -0.25) is 9.59 Å². The molecule has 0 aliphatic carbocycles. The van der Waals surface area contributed by atoms with Crippen LogP contribution in [0.4, 0.5) is 11.4 Å². The molecular formula is C36H38N2O2. The van der Waals surface area contributed by atoms with Gasteiger partial charge in [0.1, 0.15) is 0 Å². The number of fused-ring (bicyclic) bond motifs is 1. The van der Waals surface area contributed by atoms with Gasteiger partial charge in [0.15, 0.2) is 0 Å². The van der Waals surface area contributed by atoms with E-state index in [4.69, 9.17) is 0 Å². The lowest BCUT2D eigenvalue weighted by atomic mass is 9.89. The van der Waals surface area contributed by atoms with Gasteiger partial charge in [-0.15, -0.1) is 0 Å². The molecule has 0 radical (unpaired) electrons. The molecule has 4 aromatic rings. The van der Waals surface area contributed by atoms with E-state index in [2.05, 4.69) is 32.0 Å². The molecule has 0 spiro atoms. The Hall–Kier alpha value is -4.18. The SMILES string of the molecule is CCCCCc1ccc(C(=O)N2c3ccccc3[C@@H](N(C(=O)c3ccc(C)cc3)c3ccccc3)C[C@H]2C)cc1. The molecule has 40 heavy (non-hydrogen) atoms. The molecule has 4 heteroatoms. The summed E-state index contributed by atoms with van der Waals surface area (Å²) in [4.78, 5) is 31.8. The quantitative estimate of drug-likeness (QED) is 0.214. The fourth-order valence-corrected chi connectivity index (χ4v) is 5.73. The maximum absolute atomic E-state index is 14.1. The van der Waals surface area contributed by atoms with Crippen LogP contribution in [0.5, 0.6) is 0 Å². The van der Waals surface area contributed by atoms with Crippen LogP contribution in [-0.2, 0) is 6.42 Å². The van der Waals surface area contributed by atoms with Crippen LogP contribution in [-0.4, -0.2) is 17.9 Å². The molecule has 2 atom stereocenters. The fraction of sp³-hybridized carbons (Fsp3) is 0.278. The molecule has 204 valence electrons. The van der Waals surface area contributed by atoms with E-state index in [9.17, 15) is 9.59 Å². The van der Waals surface area contributed by atoms with E-state index < -0.39 is 0 Å². The normalized spacial score (nSPS) is 16.3. The molecular weight excluding hydrogens is 492 g/mol. The van der Waals surface area contributed by atoms with Crippen LogP contribution in [0.1, 0.15) is 83.0 Å². The molecule has 4 aromatic carbocycles. The van der Waals surface area contributed by atoms with E-state index in [0.717, 1.165) is 28.9 Å². The number of anilines is 2. The summed E-state index contributed by atoms with van der Waals surface area (Å²) in [6.45, 7) is 6.31. The van der Waals surface area contributed by atoms with Crippen molar-refractivity contribution in [3.63, 3.8) is 0 Å². The Kier molecular flexibility index (Phi) is 8.45. The van der Waals surface area contributed by atoms with E-state index in [-0.39, 0.29) is 23.9 Å². The van der Waals surface area contributed by atoms with Gasteiger partial charge in [0, 0.05) is 28.5 Å². The highest BCUT2D eigenvalue weighted by atomic mass is 16.2. The third kappa shape index (κ3) is 5.72. The number of aryl methyl sites for hydroxylation is 2. The number of amides is 2. The number of hydrogen-bond acceptors (Lipinski definition) is 2. The molecule has 0 unspecified atom stereocenters. The Morgan fingerprint density at radius 2 is 1.45 bits per heavy atom. The van der Waals surface area contributed by atoms with Crippen molar-refractivity contribution in [1.29, 1.82) is 0 Å². The first-order valence-corrected chi connectivity index (χ1v) is 14.4. The predicted molar refractivity (Wildman–Crippen MR) is 164 cm³/mol. The Morgan fingerprint density at radius 1 is 0.800 bits per heavy atom. The number of hydrogen-bond donors (Lipinski definition) is 0. The maximum atomic E-state index is 14.1. The van der Waals surface area contributed by atoms with Crippen LogP contribution < -0.4 is 9.80 Å². The highest BCUT2D eigenvalue weighted by molar-refractivity contribution is 6.09. The van der Waals surface area contributed by atoms with Crippen LogP contribution in [0.25, 0.3) is 0 Å². The van der Waals surface area contributed by atoms with Crippen molar-refractivity contribution in [2.75, 3.05) is 9.80 Å². The summed E-state index contributed by atoms with van der Waals surface area (Å²) < 4.78 is 0. The zero-order chi connectivity index (χ0) is 28.1. The Labute approximate surface area is 238 Å². The van der Waals surface area contributed by atoms with Crippen LogP contribution in [0, 0.1) is 6.92 Å². The second-order valence-electron chi connectivity index (χ2n) is 10.9. The number of nitrogens with zero attached hydrogens (tertiary/aromatic N) is 2. The lowest BCUT2D eigenvalue weighted by molar-refractivity contribution is 0.0965. The monoisotopic (exact) mass is 530 g/mol. The van der Waals surface area contributed by atoms with E-state index in [0.29, 0.717) is 17.5 Å². The summed E-state index contributed by atoms with van der Waals surface area (Å²) in [7, 11) is 0. The lowest BCUT2D eigenvalue weighted by Crippen LogP contribution is -2.47. The van der Waals surface area contributed by atoms with E-state index in [1.807, 2.05) is 102 Å². The van der Waals surface area contributed by atoms with Gasteiger partial charge >= 0.3 is 0 Å². The molecule has 1 aliphatic rings. The zero-order valence-corrected chi connectivity index (χ0v) is 23.7. The van der Waals surface area contributed by atoms with Crippen molar-refractivity contribution < 1.29 is 9.59 Å². The van der Waals surface area contributed by atoms with Gasteiger partial charge in [0.25, 0.3) is 11.8 Å². The smallest absolute Gasteiger partial charge is 0.258 e. The Balaban J connectivity index is 1.50. The number of carbonyl (C=O) groups excluding carboxylic acids is 2. The highest BCUT2D eigenvalue weighted by Gasteiger charge is 2.39. The molecule has 1 aliphatic heterocycles. The number of carbonyl (C=O) groups is 2. The lowest BCUT2D eigenvalue weighted by Gasteiger charge is -2.43. The summed E-state index contributed by atoms with van der Waals surface area (Å²) in [6, 6.07) is 33.4. The molecule has 0 saturated heterocycles. The molecule has 2 amide bonds. The minimum absolute atomic E-state index is 0.00497. The number of para-hydroxylation sites is 2. The largest absolute Gasteiger partial charge is 0.305 e. The molecule has 0 fully saturated rings. The molecule has 4 nitrogen and oxygen atoms in total. The molecule has 5 rings (SSSR count). The predicted octanol–water partition coefficient (Wildman–Crippen LogP) is 8.55. The minimum atomic E-state index is -0.215. The van der Waals surface area contributed by atoms with E-state index in [1.54, 1.807) is 0 Å². The number of rotatable bonds is 8. The summed E-state index contributed by atoms with van der Waals surface area (Å²) in [6.07, 6.45) is 5.25. The average Bonchev–Trinajstić information content (AvgIpc) is 2.98. The van der Waals surface area contributed by atoms with Crippen molar-refractivity contribution in [3.05, 3.63) is 131 Å². The summed E-state index contributed by atoms with van der Waals surface area (Å²) in [5.74, 6) is -0.0497. The second kappa shape index (κ2) is 12.3. The van der Waals surface area contributed by atoms with Crippen LogP contribution in [0.3, 0.4) is 0 Å². The molecule has 0 N–H and O–H groups in total. The Morgan fingerprint density at radius 3 is 2.15 bits per heavy atom. The standard InChI is InChI=1S/C36H38N2O2/c1-4-5-7-12-28-19-23-30(24-20-28)35(39)37-27(3)25-34(32-15-10-11-16-33(32)37)38(31-13-8-6-9-14-31)36(40)29-21-17-26(2)18-22-29/h6,8-11,13-24,27,34H,4-5,7,12,25H2,1-3H3/t27-,34+/m1/s1. The van der Waals surface area contributed by atoms with E-state index in [1.165, 1.54) is 24.8 Å². The fourth-order valence-electron chi connectivity index (χ4n) is 5.73. The number of benzene rings is 4. The topological polar surface area (TPSA) is 40.6 Å². The van der Waals surface area contributed by atoms with Crippen molar-refractivity contribution in [2.45, 2.75) is 65.0 Å². The minimum Gasteiger partial charge on any atom is -0.305 e. The first-order valence-electron chi connectivity index (χ1n) is 14.4. The molecule has 1 heterocycles. The van der Waals surface area contributed by atoms with Gasteiger partial charge in [-0.1, -0.05) is 86.0 Å². The van der Waals surface area contributed by atoms with E-state index >= 15 is 0 Å². The molecule has 0 aromatic heterocycles. The summed E-state index contributed by atoms with van der Waals surface area (Å²) >= 11 is 0. The van der Waals surface area contributed by atoms with Crippen molar-refractivity contribution >= 4 is 23.2 Å². The maximum Gasteiger partial charge on any atom is 0.258 e. The number of unbranched alkanes of at least 4 members (excludes halogenated alkanes) is 2. The van der Waals surface area contributed by atoms with Crippen molar-refractivity contribution in [2.24, 2.45) is 0 Å². The average molecular weight is 531 g/mol.